The second kappa shape index (κ2) is 7.79. The van der Waals surface area contributed by atoms with Gasteiger partial charge in [-0.1, -0.05) is 17.0 Å². The first-order valence-electron chi connectivity index (χ1n) is 10.5. The predicted octanol–water partition coefficient (Wildman–Crippen LogP) is 1.18. The van der Waals surface area contributed by atoms with E-state index in [4.69, 9.17) is 19.0 Å². The van der Waals surface area contributed by atoms with Gasteiger partial charge in [0.15, 0.2) is 33.1 Å². The van der Waals surface area contributed by atoms with Gasteiger partial charge < -0.3 is 24.4 Å². The molecule has 2 fully saturated rings. The average Bonchev–Trinajstić information content (AvgIpc) is 3.55. The zero-order valence-electron chi connectivity index (χ0n) is 18.2. The van der Waals surface area contributed by atoms with Gasteiger partial charge in [-0.2, -0.15) is 4.98 Å². The monoisotopic (exact) mass is 578 g/mol. The van der Waals surface area contributed by atoms with Crippen LogP contribution in [-0.2, 0) is 19.0 Å². The molecule has 0 spiro atoms. The molecule has 1 N–H and O–H groups in total. The van der Waals surface area contributed by atoms with Crippen LogP contribution in [0.3, 0.4) is 0 Å². The van der Waals surface area contributed by atoms with Crippen LogP contribution in [0, 0.1) is 3.83 Å². The first kappa shape index (κ1) is 21.6. The van der Waals surface area contributed by atoms with Crippen molar-refractivity contribution in [1.82, 2.24) is 40.0 Å². The van der Waals surface area contributed by atoms with Gasteiger partial charge in [-0.15, -0.1) is 5.10 Å². The van der Waals surface area contributed by atoms with Crippen molar-refractivity contribution in [3.8, 4) is 5.88 Å². The molecule has 176 valence electrons. The van der Waals surface area contributed by atoms with Gasteiger partial charge in [0, 0.05) is 29.6 Å². The maximum atomic E-state index is 12.5. The van der Waals surface area contributed by atoms with Gasteiger partial charge in [-0.25, -0.2) is 9.97 Å². The van der Waals surface area contributed by atoms with Crippen molar-refractivity contribution in [1.29, 1.82) is 0 Å². The third-order valence-corrected chi connectivity index (χ3v) is 6.15. The Hall–Kier alpha value is -2.95. The van der Waals surface area contributed by atoms with Crippen molar-refractivity contribution in [2.45, 2.75) is 44.2 Å². The van der Waals surface area contributed by atoms with E-state index >= 15 is 0 Å². The van der Waals surface area contributed by atoms with Crippen LogP contribution >= 0.6 is 22.6 Å². The normalized spacial score (nSPS) is 25.6. The molecule has 1 aromatic carbocycles. The van der Waals surface area contributed by atoms with Gasteiger partial charge in [-0.05, 0) is 31.2 Å². The van der Waals surface area contributed by atoms with Gasteiger partial charge in [0.25, 0.3) is 11.8 Å². The summed E-state index contributed by atoms with van der Waals surface area (Å²) in [4.78, 5) is 33.1. The van der Waals surface area contributed by atoms with Crippen LogP contribution < -0.4 is 10.2 Å². The number of aromatic nitrogens is 7. The first-order valence-corrected chi connectivity index (χ1v) is 11.5. The highest BCUT2D eigenvalue weighted by molar-refractivity contribution is 14.1. The lowest BCUT2D eigenvalue weighted by atomic mass is 10.1. The molecule has 6 rings (SSSR count). The van der Waals surface area contributed by atoms with E-state index in [1.54, 1.807) is 31.8 Å². The lowest BCUT2D eigenvalue weighted by molar-refractivity contribution is -0.197. The van der Waals surface area contributed by atoms with Crippen LogP contribution in [-0.4, -0.2) is 71.7 Å². The maximum Gasteiger partial charge on any atom is 0.280 e. The van der Waals surface area contributed by atoms with Crippen LogP contribution in [0.2, 0.25) is 0 Å². The summed E-state index contributed by atoms with van der Waals surface area (Å²) in [7, 11) is 1.55. The number of para-hydroxylation sites is 1. The van der Waals surface area contributed by atoms with Crippen molar-refractivity contribution < 1.29 is 23.8 Å². The van der Waals surface area contributed by atoms with Crippen LogP contribution in [0.4, 0.5) is 0 Å². The maximum absolute atomic E-state index is 12.5. The van der Waals surface area contributed by atoms with Crippen LogP contribution in [0.5, 0.6) is 5.88 Å². The van der Waals surface area contributed by atoms with E-state index in [1.165, 1.54) is 4.85 Å². The molecule has 4 atom stereocenters. The minimum atomic E-state index is -0.869. The Morgan fingerprint density at radius 2 is 2.00 bits per heavy atom. The van der Waals surface area contributed by atoms with Gasteiger partial charge in [0.1, 0.15) is 23.2 Å². The Morgan fingerprint density at radius 1 is 1.21 bits per heavy atom. The second-order valence-corrected chi connectivity index (χ2v) is 9.26. The molecule has 5 heterocycles. The van der Waals surface area contributed by atoms with Gasteiger partial charge >= 0.3 is 0 Å². The molecule has 0 radical (unpaired) electrons. The lowest BCUT2D eigenvalue weighted by Gasteiger charge is -2.24. The molecule has 34 heavy (non-hydrogen) atoms. The zero-order chi connectivity index (χ0) is 23.6. The van der Waals surface area contributed by atoms with Gasteiger partial charge in [0.2, 0.25) is 0 Å². The summed E-state index contributed by atoms with van der Waals surface area (Å²) in [6.45, 7) is 3.60. The van der Waals surface area contributed by atoms with E-state index in [1.807, 2.05) is 46.9 Å². The van der Waals surface area contributed by atoms with E-state index < -0.39 is 30.3 Å². The second-order valence-electron chi connectivity index (χ2n) is 8.29. The first-order chi connectivity index (χ1) is 16.3. The average molecular weight is 578 g/mol. The number of halogens is 1. The highest BCUT2D eigenvalue weighted by Crippen LogP contribution is 2.44. The van der Waals surface area contributed by atoms with Crippen molar-refractivity contribution in [2.24, 2.45) is 0 Å². The minimum absolute atomic E-state index is 0.199. The predicted molar refractivity (Wildman–Crippen MR) is 123 cm³/mol. The third kappa shape index (κ3) is 3.40. The molecule has 13 nitrogen and oxygen atoms in total. The SMILES string of the molecule is CNC(=O)[C@H]1O[C@@H](n2cnc3c(On4nnc5ccccc54)nc(I)nc32)[C@@H]2OC(C)(C)O[C@@H]21. The summed E-state index contributed by atoms with van der Waals surface area (Å²) in [5, 5.41) is 10.8. The number of likely N-dealkylation sites (N-methyl/N-ethyl adjacent to an activating group) is 1. The van der Waals surface area contributed by atoms with E-state index in [9.17, 15) is 4.79 Å². The Kier molecular flexibility index (Phi) is 4.94. The molecule has 2 saturated heterocycles. The molecule has 0 bridgehead atoms. The Bertz CT molecular complexity index is 1420. The van der Waals surface area contributed by atoms with Crippen LogP contribution in [0.15, 0.2) is 30.6 Å². The summed E-state index contributed by atoms with van der Waals surface area (Å²) in [6.07, 6.45) is -1.13. The van der Waals surface area contributed by atoms with Crippen molar-refractivity contribution in [3.05, 3.63) is 34.4 Å². The number of carbonyl (C=O) groups is 1. The summed E-state index contributed by atoms with van der Waals surface area (Å²) in [6, 6.07) is 7.40. The molecule has 0 unspecified atom stereocenters. The number of hydrogen-bond donors (Lipinski definition) is 1. The quantitative estimate of drug-likeness (QED) is 0.277. The van der Waals surface area contributed by atoms with Gasteiger partial charge in [-0.3, -0.25) is 9.36 Å². The highest BCUT2D eigenvalue weighted by atomic mass is 127. The molecule has 3 aromatic heterocycles. The lowest BCUT2D eigenvalue weighted by Crippen LogP contribution is -2.41. The number of carbonyl (C=O) groups excluding carboxylic acids is 1. The molecular weight excluding hydrogens is 559 g/mol. The van der Waals surface area contributed by atoms with Crippen molar-refractivity contribution in [3.63, 3.8) is 0 Å². The van der Waals surface area contributed by atoms with Crippen LogP contribution in [0.25, 0.3) is 22.2 Å². The number of ether oxygens (including phenoxy) is 3. The number of fused-ring (bicyclic) bond motifs is 3. The van der Waals surface area contributed by atoms with Crippen molar-refractivity contribution >= 4 is 50.7 Å². The fourth-order valence-electron chi connectivity index (χ4n) is 4.27. The van der Waals surface area contributed by atoms with E-state index in [0.29, 0.717) is 26.0 Å². The summed E-state index contributed by atoms with van der Waals surface area (Å²) >= 11 is 2.00. The Balaban J connectivity index is 1.41. The number of rotatable bonds is 4. The topological polar surface area (TPSA) is 140 Å². The number of nitrogens with one attached hydrogen (secondary N) is 1. The highest BCUT2D eigenvalue weighted by Gasteiger charge is 2.58. The van der Waals surface area contributed by atoms with Gasteiger partial charge in [0.05, 0.1) is 6.33 Å². The molecule has 14 heteroatoms. The van der Waals surface area contributed by atoms with Crippen molar-refractivity contribution in [2.75, 3.05) is 7.05 Å². The molecule has 2 aliphatic rings. The van der Waals surface area contributed by atoms with Crippen LogP contribution in [0.1, 0.15) is 20.1 Å². The third-order valence-electron chi connectivity index (χ3n) is 5.66. The molecule has 0 saturated carbocycles. The Morgan fingerprint density at radius 3 is 2.82 bits per heavy atom. The van der Waals surface area contributed by atoms with E-state index in [2.05, 4.69) is 30.6 Å². The molecule has 0 aliphatic carbocycles. The molecule has 2 aliphatic heterocycles. The minimum Gasteiger partial charge on any atom is -0.357 e. The summed E-state index contributed by atoms with van der Waals surface area (Å²) in [5.41, 5.74) is 2.20. The summed E-state index contributed by atoms with van der Waals surface area (Å²) in [5.74, 6) is -0.967. The number of benzene rings is 1. The molecular formula is C20H19IN8O5. The van der Waals surface area contributed by atoms with E-state index in [0.717, 1.165) is 0 Å². The smallest absolute Gasteiger partial charge is 0.280 e. The fraction of sp³-hybridized carbons (Fsp3) is 0.400. The Labute approximate surface area is 205 Å². The number of amides is 1. The number of nitrogens with zero attached hydrogens (tertiary/aromatic N) is 7. The van der Waals surface area contributed by atoms with E-state index in [-0.39, 0.29) is 11.8 Å². The largest absolute Gasteiger partial charge is 0.357 e. The summed E-state index contributed by atoms with van der Waals surface area (Å²) < 4.78 is 20.3. The number of imidazole rings is 1. The standard InChI is InChI=1S/C20H19IN8O5/c1-20(2)32-12-13(16(30)22-3)31-18(14(12)33-20)28-8-23-11-15(28)24-19(21)25-17(11)34-29-10-7-5-4-6-9(10)26-27-29/h4-8,12-14,18H,1-3H3,(H,22,30)/t12-,13+,14-,18-/m1/s1. The molecule has 4 aromatic rings. The molecule has 1 amide bonds. The zero-order valence-corrected chi connectivity index (χ0v) is 20.4. The number of hydrogen-bond acceptors (Lipinski definition) is 10. The fourth-order valence-corrected chi connectivity index (χ4v) is 4.71.